The number of carbonyl (C=O) groups excluding carboxylic acids is 1. The number of hydrogen-bond acceptors (Lipinski definition) is 2. The summed E-state index contributed by atoms with van der Waals surface area (Å²) in [6, 6.07) is 0. The van der Waals surface area contributed by atoms with Crippen molar-refractivity contribution >= 4 is 5.97 Å². The zero-order valence-corrected chi connectivity index (χ0v) is 16.4. The van der Waals surface area contributed by atoms with Crippen molar-refractivity contribution in [3.63, 3.8) is 0 Å². The van der Waals surface area contributed by atoms with Gasteiger partial charge in [0.1, 0.15) is 0 Å². The van der Waals surface area contributed by atoms with Gasteiger partial charge < -0.3 is 31.3 Å². The summed E-state index contributed by atoms with van der Waals surface area (Å²) in [5.74, 6) is -1.19. The molecule has 0 amide bonds. The molecule has 0 rings (SSSR count). The molecule has 0 atom stereocenters. The van der Waals surface area contributed by atoms with Gasteiger partial charge in [0.25, 0.3) is 0 Å². The lowest BCUT2D eigenvalue weighted by molar-refractivity contribution is -0.886. The van der Waals surface area contributed by atoms with Crippen molar-refractivity contribution in [1.29, 1.82) is 0 Å². The van der Waals surface area contributed by atoms with Gasteiger partial charge in [0, 0.05) is 0 Å². The first-order valence-electron chi connectivity index (χ1n) is 7.39. The van der Waals surface area contributed by atoms with E-state index in [0.29, 0.717) is 0 Å². The summed E-state index contributed by atoms with van der Waals surface area (Å²) in [7, 11) is 8.94. The number of halogens is 1. The van der Waals surface area contributed by atoms with E-state index in [1.165, 1.54) is 33.1 Å². The Labute approximate surface area is 139 Å². The van der Waals surface area contributed by atoms with Crippen molar-refractivity contribution in [2.24, 2.45) is 0 Å². The maximum Gasteiger partial charge on any atom is 0.0753 e. The molecular formula is C16H37ClN2O2. The Bertz CT molecular complexity index is 237. The van der Waals surface area contributed by atoms with Gasteiger partial charge in [-0.2, -0.15) is 0 Å². The lowest BCUT2D eigenvalue weighted by Crippen LogP contribution is -3.00. The second-order valence-electron chi connectivity index (χ2n) is 6.20. The number of aliphatic carboxylic acids is 1. The number of rotatable bonds is 5. The third-order valence-corrected chi connectivity index (χ3v) is 3.77. The fourth-order valence-electron chi connectivity index (χ4n) is 0.447. The molecule has 0 aliphatic rings. The molecular weight excluding hydrogens is 288 g/mol. The number of nitrogens with zero attached hydrogens (tertiary/aromatic N) is 2. The van der Waals surface area contributed by atoms with E-state index >= 15 is 0 Å². The predicted octanol–water partition coefficient (Wildman–Crippen LogP) is -1.48. The summed E-state index contributed by atoms with van der Waals surface area (Å²) in [5.41, 5.74) is 0.0648. The van der Waals surface area contributed by atoms with Crippen LogP contribution in [0.5, 0.6) is 0 Å². The Morgan fingerprint density at radius 3 is 1.00 bits per heavy atom. The number of carbonyl (C=O) groups is 1. The van der Waals surface area contributed by atoms with Gasteiger partial charge in [0.2, 0.25) is 0 Å². The molecule has 0 radical (unpaired) electrons. The van der Waals surface area contributed by atoms with Gasteiger partial charge in [-0.05, 0) is 40.2 Å². The molecule has 0 N–H and O–H groups in total. The monoisotopic (exact) mass is 324 g/mol. The minimum atomic E-state index is -1.19. The predicted molar refractivity (Wildman–Crippen MR) is 86.2 cm³/mol. The lowest BCUT2D eigenvalue weighted by Gasteiger charge is -2.25. The molecule has 130 valence electrons. The Hall–Kier alpha value is -0.580. The highest BCUT2D eigenvalue weighted by Crippen LogP contribution is 1.92. The molecule has 0 spiro atoms. The summed E-state index contributed by atoms with van der Waals surface area (Å²) in [6.07, 6.45) is 0. The van der Waals surface area contributed by atoms with Gasteiger partial charge in [0.05, 0.1) is 60.3 Å². The van der Waals surface area contributed by atoms with Crippen LogP contribution < -0.4 is 17.5 Å². The maximum absolute atomic E-state index is 9.49. The summed E-state index contributed by atoms with van der Waals surface area (Å²) in [6.45, 7) is 18.3. The van der Waals surface area contributed by atoms with E-state index < -0.39 is 5.97 Å². The number of carboxylic acid groups (broad SMARTS) is 1. The summed E-state index contributed by atoms with van der Waals surface area (Å²) in [4.78, 5) is 9.49. The van der Waals surface area contributed by atoms with E-state index in [4.69, 9.17) is 0 Å². The van der Waals surface area contributed by atoms with Crippen LogP contribution in [0.1, 0.15) is 34.6 Å². The molecule has 0 aromatic rings. The fourth-order valence-corrected chi connectivity index (χ4v) is 0.447. The zero-order chi connectivity index (χ0) is 17.0. The highest BCUT2D eigenvalue weighted by Gasteiger charge is 2.05. The Morgan fingerprint density at radius 2 is 1.00 bits per heavy atom. The fraction of sp³-hybridized carbons (Fsp3) is 0.812. The molecule has 0 fully saturated rings. The second kappa shape index (κ2) is 14.4. The highest BCUT2D eigenvalue weighted by atomic mass is 35.5. The second-order valence-corrected chi connectivity index (χ2v) is 6.20. The van der Waals surface area contributed by atoms with Crippen molar-refractivity contribution in [3.8, 4) is 0 Å². The molecule has 0 saturated heterocycles. The minimum absolute atomic E-state index is 0. The van der Waals surface area contributed by atoms with Crippen LogP contribution in [0.4, 0.5) is 0 Å². The van der Waals surface area contributed by atoms with Crippen LogP contribution in [-0.4, -0.2) is 69.3 Å². The Morgan fingerprint density at radius 1 is 0.857 bits per heavy atom. The van der Waals surface area contributed by atoms with Gasteiger partial charge in [-0.25, -0.2) is 0 Å². The molecule has 0 bridgehead atoms. The van der Waals surface area contributed by atoms with Gasteiger partial charge in [-0.15, -0.1) is 0 Å². The molecule has 0 aliphatic carbocycles. The zero-order valence-electron chi connectivity index (χ0n) is 15.6. The van der Waals surface area contributed by atoms with Crippen LogP contribution in [0.2, 0.25) is 0 Å². The molecule has 4 nitrogen and oxygen atoms in total. The summed E-state index contributed by atoms with van der Waals surface area (Å²) >= 11 is 0. The third-order valence-electron chi connectivity index (χ3n) is 3.77. The first kappa shape index (κ1) is 28.6. The van der Waals surface area contributed by atoms with Crippen molar-refractivity contribution in [2.75, 3.05) is 54.4 Å². The molecule has 0 saturated carbocycles. The van der Waals surface area contributed by atoms with Gasteiger partial charge in [-0.1, -0.05) is 6.58 Å². The van der Waals surface area contributed by atoms with E-state index in [1.807, 2.05) is 0 Å². The number of hydrogen-bond donors (Lipinski definition) is 0. The highest BCUT2D eigenvalue weighted by molar-refractivity contribution is 5.82. The summed E-state index contributed by atoms with van der Waals surface area (Å²) < 4.78 is 2.28. The van der Waals surface area contributed by atoms with Crippen molar-refractivity contribution in [2.45, 2.75) is 34.6 Å². The largest absolute Gasteiger partial charge is 1.00 e. The van der Waals surface area contributed by atoms with E-state index in [-0.39, 0.29) is 18.0 Å². The molecule has 0 aromatic carbocycles. The minimum Gasteiger partial charge on any atom is -1.00 e. The first-order valence-corrected chi connectivity index (χ1v) is 7.39. The molecule has 21 heavy (non-hydrogen) atoms. The van der Waals surface area contributed by atoms with Crippen molar-refractivity contribution in [3.05, 3.63) is 12.2 Å². The lowest BCUT2D eigenvalue weighted by atomic mass is 10.4. The van der Waals surface area contributed by atoms with E-state index in [9.17, 15) is 9.90 Å². The maximum atomic E-state index is 9.49. The standard InChI is InChI=1S/2C6H16N.C4H6O2.ClH/c2*1-5-7(3,4)6-2;1-3(2)4(5)6;/h2*5-6H2,1-4H3;1H2,2H3,(H,5,6);1H/q2*+1;;/p-2. The summed E-state index contributed by atoms with van der Waals surface area (Å²) in [5, 5.41) is 9.49. The van der Waals surface area contributed by atoms with Crippen molar-refractivity contribution < 1.29 is 31.3 Å². The normalized spacial score (nSPS) is 10.1. The van der Waals surface area contributed by atoms with Crippen LogP contribution >= 0.6 is 0 Å². The molecule has 0 heterocycles. The quantitative estimate of drug-likeness (QED) is 0.457. The Kier molecular flexibility index (Phi) is 19.5. The Balaban J connectivity index is -0.000000101. The van der Waals surface area contributed by atoms with Crippen LogP contribution in [0.25, 0.3) is 0 Å². The molecule has 0 aromatic heterocycles. The van der Waals surface area contributed by atoms with Crippen LogP contribution in [0.3, 0.4) is 0 Å². The molecule has 0 aliphatic heterocycles. The SMILES string of the molecule is C=C(C)C(=O)[O-].CC[N+](C)(C)CC.CC[N+](C)(C)CC.[Cl-]. The van der Waals surface area contributed by atoms with E-state index in [1.54, 1.807) is 0 Å². The third kappa shape index (κ3) is 24.8. The van der Waals surface area contributed by atoms with Crippen LogP contribution in [0, 0.1) is 0 Å². The average Bonchev–Trinajstić information content (AvgIpc) is 2.40. The molecule has 5 heteroatoms. The average molecular weight is 325 g/mol. The smallest absolute Gasteiger partial charge is 0.0753 e. The first-order chi connectivity index (χ1) is 8.89. The van der Waals surface area contributed by atoms with Gasteiger partial charge in [-0.3, -0.25) is 0 Å². The van der Waals surface area contributed by atoms with E-state index in [0.717, 1.165) is 8.97 Å². The number of quaternary nitrogens is 2. The number of carboxylic acids is 1. The van der Waals surface area contributed by atoms with Crippen molar-refractivity contribution in [1.82, 2.24) is 0 Å². The topological polar surface area (TPSA) is 40.1 Å². The molecule has 0 unspecified atom stereocenters. The van der Waals surface area contributed by atoms with Crippen LogP contribution in [0.15, 0.2) is 12.2 Å². The van der Waals surface area contributed by atoms with Crippen LogP contribution in [-0.2, 0) is 4.79 Å². The van der Waals surface area contributed by atoms with E-state index in [2.05, 4.69) is 62.5 Å². The van der Waals surface area contributed by atoms with Gasteiger partial charge in [0.15, 0.2) is 0 Å². The van der Waals surface area contributed by atoms with Gasteiger partial charge >= 0.3 is 0 Å².